The summed E-state index contributed by atoms with van der Waals surface area (Å²) in [5, 5.41) is 5.66. The number of anilines is 1. The van der Waals surface area contributed by atoms with Gasteiger partial charge >= 0.3 is 0 Å². The maximum absolute atomic E-state index is 13.5. The Bertz CT molecular complexity index is 1170. The Kier molecular flexibility index (Phi) is 5.36. The number of rotatable bonds is 4. The molecule has 0 unspecified atom stereocenters. The van der Waals surface area contributed by atoms with Crippen molar-refractivity contribution in [3.8, 4) is 11.5 Å². The first-order valence-electron chi connectivity index (χ1n) is 10.2. The van der Waals surface area contributed by atoms with Crippen LogP contribution in [-0.2, 0) is 4.79 Å². The number of hydrogen-bond acceptors (Lipinski definition) is 5. The summed E-state index contributed by atoms with van der Waals surface area (Å²) in [7, 11) is 3.28. The van der Waals surface area contributed by atoms with Gasteiger partial charge in [0.1, 0.15) is 0 Å². The van der Waals surface area contributed by atoms with Gasteiger partial charge < -0.3 is 14.8 Å². The lowest BCUT2D eigenvalue weighted by atomic mass is 9.73. The van der Waals surface area contributed by atoms with Gasteiger partial charge in [-0.15, -0.1) is 11.3 Å². The van der Waals surface area contributed by atoms with Crippen molar-refractivity contribution in [2.45, 2.75) is 24.7 Å². The number of ether oxygens (including phenoxy) is 2. The maximum Gasteiger partial charge on any atom is 0.162 e. The second-order valence-corrected chi connectivity index (χ2v) is 9.73. The Morgan fingerprint density at radius 1 is 1.03 bits per heavy atom. The van der Waals surface area contributed by atoms with E-state index >= 15 is 0 Å². The molecule has 2 heterocycles. The standard InChI is InChI=1S/C25H22BrNO3S/c1-29-21-12-17-18(13-22(21)30-2)27-19-10-15(23-4-3-9-31-23)11-20(28)25(19)24(17)14-5-7-16(26)8-6-14/h3-9,12-13,15,24,27H,10-11H2,1-2H3/t15-,24+/m0/s1. The van der Waals surface area contributed by atoms with Gasteiger partial charge in [0, 0.05) is 50.6 Å². The lowest BCUT2D eigenvalue weighted by Crippen LogP contribution is -2.29. The quantitative estimate of drug-likeness (QED) is 0.449. The minimum Gasteiger partial charge on any atom is -0.493 e. The molecular weight excluding hydrogens is 474 g/mol. The summed E-state index contributed by atoms with van der Waals surface area (Å²) in [6, 6.07) is 16.4. The molecule has 1 aliphatic heterocycles. The monoisotopic (exact) mass is 495 g/mol. The van der Waals surface area contributed by atoms with Crippen LogP contribution < -0.4 is 14.8 Å². The zero-order valence-corrected chi connectivity index (χ0v) is 19.7. The summed E-state index contributed by atoms with van der Waals surface area (Å²) in [5.41, 5.74) is 4.97. The fraction of sp³-hybridized carbons (Fsp3) is 0.240. The summed E-state index contributed by atoms with van der Waals surface area (Å²) in [6.45, 7) is 0. The molecule has 2 atom stereocenters. The fourth-order valence-electron chi connectivity index (χ4n) is 4.67. The van der Waals surface area contributed by atoms with Gasteiger partial charge in [0.2, 0.25) is 0 Å². The molecule has 1 N–H and O–H groups in total. The summed E-state index contributed by atoms with van der Waals surface area (Å²) >= 11 is 5.25. The number of fused-ring (bicyclic) bond motifs is 1. The third-order valence-electron chi connectivity index (χ3n) is 6.10. The van der Waals surface area contributed by atoms with Gasteiger partial charge in [-0.25, -0.2) is 0 Å². The molecule has 1 aliphatic carbocycles. The summed E-state index contributed by atoms with van der Waals surface area (Å²) in [4.78, 5) is 14.8. The van der Waals surface area contributed by atoms with Crippen LogP contribution >= 0.6 is 27.3 Å². The van der Waals surface area contributed by atoms with Crippen LogP contribution in [0.4, 0.5) is 5.69 Å². The SMILES string of the molecule is COc1cc2c(cc1OC)[C@@H](c1ccc(Br)cc1)C1=C(C[C@H](c3cccs3)CC1=O)N2. The topological polar surface area (TPSA) is 47.6 Å². The maximum atomic E-state index is 13.5. The van der Waals surface area contributed by atoms with Crippen LogP contribution in [0.2, 0.25) is 0 Å². The molecular formula is C25H22BrNO3S. The second-order valence-electron chi connectivity index (χ2n) is 7.84. The smallest absolute Gasteiger partial charge is 0.162 e. The lowest BCUT2D eigenvalue weighted by Gasteiger charge is -2.36. The van der Waals surface area contributed by atoms with E-state index in [1.165, 1.54) is 4.88 Å². The molecule has 4 nitrogen and oxygen atoms in total. The van der Waals surface area contributed by atoms with E-state index in [4.69, 9.17) is 9.47 Å². The Hall–Kier alpha value is -2.57. The number of ketones is 1. The van der Waals surface area contributed by atoms with Gasteiger partial charge in [-0.2, -0.15) is 0 Å². The first kappa shape index (κ1) is 20.3. The second kappa shape index (κ2) is 8.17. The van der Waals surface area contributed by atoms with Crippen molar-refractivity contribution in [3.05, 3.63) is 85.7 Å². The molecule has 3 aromatic rings. The van der Waals surface area contributed by atoms with E-state index in [1.54, 1.807) is 25.6 Å². The van der Waals surface area contributed by atoms with E-state index in [0.717, 1.165) is 39.0 Å². The molecule has 0 saturated heterocycles. The van der Waals surface area contributed by atoms with Gasteiger partial charge in [-0.3, -0.25) is 4.79 Å². The highest BCUT2D eigenvalue weighted by molar-refractivity contribution is 9.10. The number of hydrogen-bond donors (Lipinski definition) is 1. The van der Waals surface area contributed by atoms with Crippen LogP contribution in [0.5, 0.6) is 11.5 Å². The minimum atomic E-state index is -0.143. The Balaban J connectivity index is 1.67. The number of carbonyl (C=O) groups is 1. The first-order valence-corrected chi connectivity index (χ1v) is 11.8. The molecule has 2 aromatic carbocycles. The molecule has 0 fully saturated rings. The molecule has 1 aromatic heterocycles. The number of allylic oxidation sites excluding steroid dienone is 2. The number of nitrogens with one attached hydrogen (secondary N) is 1. The Labute approximate surface area is 194 Å². The van der Waals surface area contributed by atoms with Crippen molar-refractivity contribution in [3.63, 3.8) is 0 Å². The highest BCUT2D eigenvalue weighted by Gasteiger charge is 2.39. The van der Waals surface area contributed by atoms with Crippen LogP contribution in [-0.4, -0.2) is 20.0 Å². The highest BCUT2D eigenvalue weighted by Crippen LogP contribution is 2.50. The van der Waals surface area contributed by atoms with E-state index in [0.29, 0.717) is 17.9 Å². The zero-order chi connectivity index (χ0) is 21.5. The highest BCUT2D eigenvalue weighted by atomic mass is 79.9. The molecule has 0 amide bonds. The van der Waals surface area contributed by atoms with Crippen LogP contribution in [0.15, 0.2) is 69.7 Å². The van der Waals surface area contributed by atoms with E-state index < -0.39 is 0 Å². The van der Waals surface area contributed by atoms with E-state index in [2.05, 4.69) is 50.9 Å². The van der Waals surface area contributed by atoms with Crippen molar-refractivity contribution in [2.24, 2.45) is 0 Å². The summed E-state index contributed by atoms with van der Waals surface area (Å²) in [6.07, 6.45) is 1.36. The van der Waals surface area contributed by atoms with Gasteiger partial charge in [-0.05, 0) is 47.2 Å². The number of methoxy groups -OCH3 is 2. The largest absolute Gasteiger partial charge is 0.493 e. The van der Waals surface area contributed by atoms with Crippen molar-refractivity contribution in [2.75, 3.05) is 19.5 Å². The minimum absolute atomic E-state index is 0.143. The summed E-state index contributed by atoms with van der Waals surface area (Å²) < 4.78 is 12.1. The van der Waals surface area contributed by atoms with Gasteiger partial charge in [0.05, 0.1) is 14.2 Å². The molecule has 0 radical (unpaired) electrons. The van der Waals surface area contributed by atoms with Crippen molar-refractivity contribution in [1.82, 2.24) is 0 Å². The zero-order valence-electron chi connectivity index (χ0n) is 17.3. The van der Waals surface area contributed by atoms with E-state index in [1.807, 2.05) is 24.3 Å². The summed E-state index contributed by atoms with van der Waals surface area (Å²) in [5.74, 6) is 1.61. The fourth-order valence-corrected chi connectivity index (χ4v) is 5.77. The van der Waals surface area contributed by atoms with E-state index in [-0.39, 0.29) is 17.6 Å². The molecule has 6 heteroatoms. The van der Waals surface area contributed by atoms with Gasteiger partial charge in [0.15, 0.2) is 17.3 Å². The van der Waals surface area contributed by atoms with E-state index in [9.17, 15) is 4.79 Å². The molecule has 2 aliphatic rings. The third-order valence-corrected chi connectivity index (χ3v) is 7.66. The number of benzene rings is 2. The van der Waals surface area contributed by atoms with Crippen LogP contribution in [0.25, 0.3) is 0 Å². The number of thiophene rings is 1. The molecule has 5 rings (SSSR count). The molecule has 0 saturated carbocycles. The van der Waals surface area contributed by atoms with Crippen molar-refractivity contribution >= 4 is 38.7 Å². The van der Waals surface area contributed by atoms with Gasteiger partial charge in [0.25, 0.3) is 0 Å². The lowest BCUT2D eigenvalue weighted by molar-refractivity contribution is -0.116. The Morgan fingerprint density at radius 2 is 1.77 bits per heavy atom. The van der Waals surface area contributed by atoms with Gasteiger partial charge in [-0.1, -0.05) is 34.1 Å². The predicted molar refractivity (Wildman–Crippen MR) is 127 cm³/mol. The predicted octanol–water partition coefficient (Wildman–Crippen LogP) is 6.49. The Morgan fingerprint density at radius 3 is 2.45 bits per heavy atom. The van der Waals surface area contributed by atoms with Crippen LogP contribution in [0.3, 0.4) is 0 Å². The first-order chi connectivity index (χ1) is 15.1. The number of carbonyl (C=O) groups excluding carboxylic acids is 1. The molecule has 158 valence electrons. The molecule has 31 heavy (non-hydrogen) atoms. The number of Topliss-reactive ketones (excluding diaryl/α,β-unsaturated/α-hetero) is 1. The van der Waals surface area contributed by atoms with Crippen LogP contribution in [0, 0.1) is 0 Å². The number of halogens is 1. The van der Waals surface area contributed by atoms with Crippen LogP contribution in [0.1, 0.15) is 40.7 Å². The van der Waals surface area contributed by atoms with Crippen molar-refractivity contribution < 1.29 is 14.3 Å². The third kappa shape index (κ3) is 3.58. The normalized spacial score (nSPS) is 20.0. The van der Waals surface area contributed by atoms with Crippen molar-refractivity contribution in [1.29, 1.82) is 0 Å². The average molecular weight is 496 g/mol. The molecule has 0 bridgehead atoms. The average Bonchev–Trinajstić information content (AvgIpc) is 3.32. The molecule has 0 spiro atoms.